The Balaban J connectivity index is 1.57. The molecule has 3 rings (SSSR count). The van der Waals surface area contributed by atoms with Crippen LogP contribution in [0, 0.1) is 5.82 Å². The molecule has 0 unspecified atom stereocenters. The van der Waals surface area contributed by atoms with E-state index >= 15 is 0 Å². The van der Waals surface area contributed by atoms with Gasteiger partial charge in [0.25, 0.3) is 0 Å². The van der Waals surface area contributed by atoms with Crippen molar-refractivity contribution in [1.29, 1.82) is 0 Å². The Morgan fingerprint density at radius 1 is 1.15 bits per heavy atom. The summed E-state index contributed by atoms with van der Waals surface area (Å²) in [4.78, 5) is 8.77. The van der Waals surface area contributed by atoms with Crippen molar-refractivity contribution in [3.05, 3.63) is 53.8 Å². The van der Waals surface area contributed by atoms with Gasteiger partial charge in [0.05, 0.1) is 7.11 Å². The molecule has 6 nitrogen and oxygen atoms in total. The minimum atomic E-state index is -0.220. The molecular formula is C20H25FN4O2. The van der Waals surface area contributed by atoms with Crippen molar-refractivity contribution in [2.75, 3.05) is 45.2 Å². The summed E-state index contributed by atoms with van der Waals surface area (Å²) in [5.41, 5.74) is 1.78. The third-order valence-electron chi connectivity index (χ3n) is 4.71. The highest BCUT2D eigenvalue weighted by molar-refractivity contribution is 5.80. The number of ether oxygens (including phenoxy) is 1. The normalized spacial score (nSPS) is 15.0. The summed E-state index contributed by atoms with van der Waals surface area (Å²) in [6, 6.07) is 11.8. The predicted octanol–water partition coefficient (Wildman–Crippen LogP) is 2.44. The van der Waals surface area contributed by atoms with Gasteiger partial charge in [0, 0.05) is 51.0 Å². The van der Waals surface area contributed by atoms with Crippen LogP contribution in [0.15, 0.2) is 47.5 Å². The molecule has 0 spiro atoms. The monoisotopic (exact) mass is 372 g/mol. The second kappa shape index (κ2) is 8.62. The second-order valence-electron chi connectivity index (χ2n) is 6.35. The van der Waals surface area contributed by atoms with Crippen molar-refractivity contribution >= 4 is 11.6 Å². The Hall–Kier alpha value is -2.96. The van der Waals surface area contributed by atoms with Crippen molar-refractivity contribution < 1.29 is 14.2 Å². The highest BCUT2D eigenvalue weighted by atomic mass is 19.1. The zero-order chi connectivity index (χ0) is 19.2. The van der Waals surface area contributed by atoms with E-state index in [9.17, 15) is 9.50 Å². The molecule has 0 saturated carbocycles. The number of nitrogens with zero attached hydrogens (tertiary/aromatic N) is 3. The number of aromatic hydroxyl groups is 1. The van der Waals surface area contributed by atoms with Crippen LogP contribution in [0.3, 0.4) is 0 Å². The highest BCUT2D eigenvalue weighted by Crippen LogP contribution is 2.23. The van der Waals surface area contributed by atoms with Gasteiger partial charge in [-0.3, -0.25) is 4.99 Å². The number of anilines is 1. The topological polar surface area (TPSA) is 60.3 Å². The van der Waals surface area contributed by atoms with Crippen LogP contribution in [0.1, 0.15) is 5.56 Å². The Bertz CT molecular complexity index is 787. The van der Waals surface area contributed by atoms with Gasteiger partial charge in [0.1, 0.15) is 17.3 Å². The molecule has 7 heteroatoms. The van der Waals surface area contributed by atoms with Gasteiger partial charge in [-0.25, -0.2) is 4.39 Å². The van der Waals surface area contributed by atoms with Crippen molar-refractivity contribution in [1.82, 2.24) is 10.2 Å². The third kappa shape index (κ3) is 4.61. The standard InChI is InChI=1S/C20H25FN4O2/c1-22-20(23-14-15-13-18(27-2)7-8-19(15)26)25-11-9-24(10-12-25)17-5-3-16(21)4-6-17/h3-8,13,26H,9-12,14H2,1-2H3,(H,22,23). The van der Waals surface area contributed by atoms with Gasteiger partial charge in [-0.15, -0.1) is 0 Å². The number of phenols is 1. The van der Waals surface area contributed by atoms with Crippen molar-refractivity contribution in [2.45, 2.75) is 6.54 Å². The molecule has 2 aromatic rings. The molecule has 0 bridgehead atoms. The summed E-state index contributed by atoms with van der Waals surface area (Å²) in [6.07, 6.45) is 0. The van der Waals surface area contributed by atoms with Crippen LogP contribution in [0.5, 0.6) is 11.5 Å². The molecule has 1 aliphatic rings. The molecule has 27 heavy (non-hydrogen) atoms. The number of hydrogen-bond donors (Lipinski definition) is 2. The number of aliphatic imine (C=N–C) groups is 1. The van der Waals surface area contributed by atoms with Gasteiger partial charge < -0.3 is 25.0 Å². The van der Waals surface area contributed by atoms with Crippen LogP contribution in [0.25, 0.3) is 0 Å². The van der Waals surface area contributed by atoms with Gasteiger partial charge in [-0.2, -0.15) is 0 Å². The fourth-order valence-corrected chi connectivity index (χ4v) is 3.17. The Labute approximate surface area is 158 Å². The summed E-state index contributed by atoms with van der Waals surface area (Å²) in [5.74, 6) is 1.49. The maximum absolute atomic E-state index is 13.1. The summed E-state index contributed by atoms with van der Waals surface area (Å²) in [7, 11) is 3.35. The lowest BCUT2D eigenvalue weighted by atomic mass is 10.2. The molecule has 144 valence electrons. The van der Waals surface area contributed by atoms with E-state index in [4.69, 9.17) is 4.74 Å². The van der Waals surface area contributed by atoms with E-state index in [2.05, 4.69) is 20.1 Å². The average molecular weight is 372 g/mol. The Morgan fingerprint density at radius 2 is 1.85 bits per heavy atom. The quantitative estimate of drug-likeness (QED) is 0.638. The van der Waals surface area contributed by atoms with Crippen molar-refractivity contribution in [2.24, 2.45) is 4.99 Å². The van der Waals surface area contributed by atoms with Gasteiger partial charge >= 0.3 is 0 Å². The first-order valence-corrected chi connectivity index (χ1v) is 8.92. The van der Waals surface area contributed by atoms with E-state index in [1.165, 1.54) is 12.1 Å². The van der Waals surface area contributed by atoms with Gasteiger partial charge in [0.15, 0.2) is 5.96 Å². The smallest absolute Gasteiger partial charge is 0.194 e. The van der Waals surface area contributed by atoms with Crippen LogP contribution in [-0.2, 0) is 6.54 Å². The molecule has 0 aliphatic carbocycles. The number of piperazine rings is 1. The lowest BCUT2D eigenvalue weighted by Gasteiger charge is -2.37. The van der Waals surface area contributed by atoms with E-state index in [1.54, 1.807) is 26.3 Å². The number of benzene rings is 2. The number of guanidine groups is 1. The molecule has 0 atom stereocenters. The third-order valence-corrected chi connectivity index (χ3v) is 4.71. The van der Waals surface area contributed by atoms with Crippen molar-refractivity contribution in [3.8, 4) is 11.5 Å². The van der Waals surface area contributed by atoms with Crippen LogP contribution in [0.4, 0.5) is 10.1 Å². The van der Waals surface area contributed by atoms with Gasteiger partial charge in [-0.05, 0) is 42.5 Å². The molecule has 0 amide bonds. The summed E-state index contributed by atoms with van der Waals surface area (Å²) < 4.78 is 18.3. The van der Waals surface area contributed by atoms with E-state index in [1.807, 2.05) is 18.2 Å². The number of rotatable bonds is 4. The fourth-order valence-electron chi connectivity index (χ4n) is 3.17. The zero-order valence-electron chi connectivity index (χ0n) is 15.7. The largest absolute Gasteiger partial charge is 0.508 e. The van der Waals surface area contributed by atoms with E-state index in [0.29, 0.717) is 12.3 Å². The van der Waals surface area contributed by atoms with E-state index in [0.717, 1.165) is 43.4 Å². The molecule has 1 heterocycles. The molecule has 1 aliphatic heterocycles. The predicted molar refractivity (Wildman–Crippen MR) is 105 cm³/mol. The maximum Gasteiger partial charge on any atom is 0.194 e. The molecule has 0 aromatic heterocycles. The summed E-state index contributed by atoms with van der Waals surface area (Å²) >= 11 is 0. The van der Waals surface area contributed by atoms with E-state index in [-0.39, 0.29) is 11.6 Å². The van der Waals surface area contributed by atoms with Gasteiger partial charge in [0.2, 0.25) is 0 Å². The zero-order valence-corrected chi connectivity index (χ0v) is 15.7. The van der Waals surface area contributed by atoms with Crippen LogP contribution >= 0.6 is 0 Å². The van der Waals surface area contributed by atoms with Crippen LogP contribution in [0.2, 0.25) is 0 Å². The lowest BCUT2D eigenvalue weighted by molar-refractivity contribution is 0.371. The minimum absolute atomic E-state index is 0.220. The number of phenolic OH excluding ortho intramolecular Hbond substituents is 1. The minimum Gasteiger partial charge on any atom is -0.508 e. The molecule has 2 N–H and O–H groups in total. The first-order chi connectivity index (χ1) is 13.1. The Morgan fingerprint density at radius 3 is 2.48 bits per heavy atom. The molecule has 1 fully saturated rings. The van der Waals surface area contributed by atoms with Crippen molar-refractivity contribution in [3.63, 3.8) is 0 Å². The first-order valence-electron chi connectivity index (χ1n) is 8.92. The number of nitrogens with one attached hydrogen (secondary N) is 1. The molecular weight excluding hydrogens is 347 g/mol. The first kappa shape index (κ1) is 18.8. The maximum atomic E-state index is 13.1. The number of hydrogen-bond acceptors (Lipinski definition) is 4. The number of halogens is 1. The average Bonchev–Trinajstić information content (AvgIpc) is 2.71. The Kier molecular flexibility index (Phi) is 6.01. The number of methoxy groups -OCH3 is 1. The van der Waals surface area contributed by atoms with Crippen LogP contribution < -0.4 is 15.0 Å². The highest BCUT2D eigenvalue weighted by Gasteiger charge is 2.20. The van der Waals surface area contributed by atoms with Gasteiger partial charge in [-0.1, -0.05) is 0 Å². The second-order valence-corrected chi connectivity index (χ2v) is 6.35. The summed E-state index contributed by atoms with van der Waals surface area (Å²) in [5, 5.41) is 13.3. The lowest BCUT2D eigenvalue weighted by Crippen LogP contribution is -2.52. The fraction of sp³-hybridized carbons (Fsp3) is 0.350. The van der Waals surface area contributed by atoms with Crippen LogP contribution in [-0.4, -0.2) is 56.3 Å². The molecule has 2 aromatic carbocycles. The van der Waals surface area contributed by atoms with E-state index < -0.39 is 0 Å². The SMILES string of the molecule is CN=C(NCc1cc(OC)ccc1O)N1CCN(c2ccc(F)cc2)CC1. The molecule has 0 radical (unpaired) electrons. The molecule has 1 saturated heterocycles. The summed E-state index contributed by atoms with van der Waals surface area (Å²) in [6.45, 7) is 3.73.